The van der Waals surface area contributed by atoms with Crippen LogP contribution < -0.4 is 5.32 Å². The summed E-state index contributed by atoms with van der Waals surface area (Å²) < 4.78 is 6.21. The van der Waals surface area contributed by atoms with Gasteiger partial charge in [-0.1, -0.05) is 60.2 Å². The number of nitrogens with one attached hydrogen (secondary N) is 1. The minimum atomic E-state index is 0. The molecule has 0 amide bonds. The number of benzene rings is 2. The van der Waals surface area contributed by atoms with Crippen LogP contribution in [0, 0.1) is 6.92 Å². The van der Waals surface area contributed by atoms with Crippen molar-refractivity contribution in [2.24, 2.45) is 0 Å². The van der Waals surface area contributed by atoms with Gasteiger partial charge in [0, 0.05) is 12.5 Å². The molecule has 0 aliphatic carbocycles. The SMILES string of the molecule is Cc1cccc([C@@H]2CCNC[C@H]2OCc2ccccc2)c1.Cl. The summed E-state index contributed by atoms with van der Waals surface area (Å²) in [6.45, 7) is 4.86. The highest BCUT2D eigenvalue weighted by molar-refractivity contribution is 5.85. The minimum Gasteiger partial charge on any atom is -0.372 e. The van der Waals surface area contributed by atoms with Gasteiger partial charge in [-0.15, -0.1) is 12.4 Å². The molecule has 1 aliphatic rings. The lowest BCUT2D eigenvalue weighted by Crippen LogP contribution is -2.41. The van der Waals surface area contributed by atoms with Gasteiger partial charge in [0.25, 0.3) is 0 Å². The number of rotatable bonds is 4. The summed E-state index contributed by atoms with van der Waals surface area (Å²) in [6, 6.07) is 19.3. The maximum absolute atomic E-state index is 6.21. The molecule has 0 bridgehead atoms. The van der Waals surface area contributed by atoms with E-state index in [0.717, 1.165) is 19.5 Å². The van der Waals surface area contributed by atoms with Crippen LogP contribution in [0.2, 0.25) is 0 Å². The van der Waals surface area contributed by atoms with Crippen molar-refractivity contribution in [3.63, 3.8) is 0 Å². The minimum absolute atomic E-state index is 0. The first-order valence-corrected chi connectivity index (χ1v) is 7.76. The van der Waals surface area contributed by atoms with Crippen molar-refractivity contribution >= 4 is 12.4 Å². The summed E-state index contributed by atoms with van der Waals surface area (Å²) in [5.74, 6) is 0.495. The highest BCUT2D eigenvalue weighted by atomic mass is 35.5. The lowest BCUT2D eigenvalue weighted by Gasteiger charge is -2.32. The van der Waals surface area contributed by atoms with E-state index in [2.05, 4.69) is 60.8 Å². The van der Waals surface area contributed by atoms with Crippen molar-refractivity contribution in [3.05, 3.63) is 71.3 Å². The van der Waals surface area contributed by atoms with Crippen molar-refractivity contribution in [2.75, 3.05) is 13.1 Å². The van der Waals surface area contributed by atoms with E-state index in [1.165, 1.54) is 16.7 Å². The fourth-order valence-electron chi connectivity index (χ4n) is 3.06. The summed E-state index contributed by atoms with van der Waals surface area (Å²) in [6.07, 6.45) is 1.39. The molecule has 1 heterocycles. The van der Waals surface area contributed by atoms with E-state index in [-0.39, 0.29) is 18.5 Å². The molecule has 22 heavy (non-hydrogen) atoms. The molecular weight excluding hydrogens is 294 g/mol. The Hall–Kier alpha value is -1.35. The summed E-state index contributed by atoms with van der Waals surface area (Å²) in [5.41, 5.74) is 3.98. The Balaban J connectivity index is 0.00000176. The largest absolute Gasteiger partial charge is 0.372 e. The molecule has 1 fully saturated rings. The molecule has 2 aromatic carbocycles. The van der Waals surface area contributed by atoms with Crippen LogP contribution in [-0.2, 0) is 11.3 Å². The van der Waals surface area contributed by atoms with Crippen LogP contribution in [0.25, 0.3) is 0 Å². The van der Waals surface area contributed by atoms with Gasteiger partial charge < -0.3 is 10.1 Å². The van der Waals surface area contributed by atoms with Gasteiger partial charge in [0.05, 0.1) is 12.7 Å². The van der Waals surface area contributed by atoms with Crippen molar-refractivity contribution in [2.45, 2.75) is 32.0 Å². The number of hydrogen-bond donors (Lipinski definition) is 1. The van der Waals surface area contributed by atoms with Gasteiger partial charge in [-0.3, -0.25) is 0 Å². The molecule has 0 saturated carbocycles. The molecule has 0 unspecified atom stereocenters. The molecule has 2 aromatic rings. The van der Waals surface area contributed by atoms with Crippen LogP contribution in [-0.4, -0.2) is 19.2 Å². The molecule has 2 nitrogen and oxygen atoms in total. The zero-order valence-electron chi connectivity index (χ0n) is 13.0. The number of piperidine rings is 1. The van der Waals surface area contributed by atoms with Crippen LogP contribution in [0.4, 0.5) is 0 Å². The fourth-order valence-corrected chi connectivity index (χ4v) is 3.06. The maximum atomic E-state index is 6.21. The van der Waals surface area contributed by atoms with Gasteiger partial charge in [0.2, 0.25) is 0 Å². The number of hydrogen-bond acceptors (Lipinski definition) is 2. The zero-order valence-corrected chi connectivity index (χ0v) is 13.8. The average molecular weight is 318 g/mol. The third-order valence-electron chi connectivity index (χ3n) is 4.20. The smallest absolute Gasteiger partial charge is 0.0772 e. The van der Waals surface area contributed by atoms with Crippen molar-refractivity contribution in [1.29, 1.82) is 0 Å². The van der Waals surface area contributed by atoms with Gasteiger partial charge in [0.1, 0.15) is 0 Å². The first-order valence-electron chi connectivity index (χ1n) is 7.76. The Bertz CT molecular complexity index is 573. The second kappa shape index (κ2) is 8.33. The predicted molar refractivity (Wildman–Crippen MR) is 93.7 cm³/mol. The van der Waals surface area contributed by atoms with Crippen LogP contribution in [0.15, 0.2) is 54.6 Å². The Kier molecular flexibility index (Phi) is 6.44. The Labute approximate surface area is 139 Å². The molecule has 0 aromatic heterocycles. The van der Waals surface area contributed by atoms with E-state index in [9.17, 15) is 0 Å². The molecule has 2 atom stereocenters. The van der Waals surface area contributed by atoms with Crippen molar-refractivity contribution < 1.29 is 4.74 Å². The normalized spacial score (nSPS) is 21.1. The lowest BCUT2D eigenvalue weighted by atomic mass is 9.87. The molecule has 1 aliphatic heterocycles. The number of ether oxygens (including phenoxy) is 1. The Morgan fingerprint density at radius 3 is 2.68 bits per heavy atom. The predicted octanol–water partition coefficient (Wildman–Crippen LogP) is 4.08. The monoisotopic (exact) mass is 317 g/mol. The standard InChI is InChI=1S/C19H23NO.ClH/c1-15-6-5-9-17(12-15)18-10-11-20-13-19(18)21-14-16-7-3-2-4-8-16;/h2-9,12,18-20H,10-11,13-14H2,1H3;1H/t18-,19+;/m0./s1. The van der Waals surface area contributed by atoms with Crippen molar-refractivity contribution in [1.82, 2.24) is 5.32 Å². The lowest BCUT2D eigenvalue weighted by molar-refractivity contribution is 0.0106. The first-order chi connectivity index (χ1) is 10.3. The Morgan fingerprint density at radius 2 is 1.91 bits per heavy atom. The quantitative estimate of drug-likeness (QED) is 0.917. The molecule has 1 saturated heterocycles. The number of halogens is 1. The third-order valence-corrected chi connectivity index (χ3v) is 4.20. The molecule has 1 N–H and O–H groups in total. The van der Waals surface area contributed by atoms with E-state index in [1.54, 1.807) is 0 Å². The second-order valence-corrected chi connectivity index (χ2v) is 5.85. The summed E-state index contributed by atoms with van der Waals surface area (Å²) in [4.78, 5) is 0. The van der Waals surface area contributed by atoms with Gasteiger partial charge >= 0.3 is 0 Å². The molecule has 3 rings (SSSR count). The summed E-state index contributed by atoms with van der Waals surface area (Å²) in [5, 5.41) is 3.46. The zero-order chi connectivity index (χ0) is 14.5. The fraction of sp³-hybridized carbons (Fsp3) is 0.368. The van der Waals surface area contributed by atoms with Crippen LogP contribution in [0.3, 0.4) is 0 Å². The molecular formula is C19H24ClNO. The topological polar surface area (TPSA) is 21.3 Å². The molecule has 3 heteroatoms. The van der Waals surface area contributed by atoms with Gasteiger partial charge in [0.15, 0.2) is 0 Å². The van der Waals surface area contributed by atoms with Crippen LogP contribution in [0.5, 0.6) is 0 Å². The summed E-state index contributed by atoms with van der Waals surface area (Å²) >= 11 is 0. The highest BCUT2D eigenvalue weighted by Crippen LogP contribution is 2.28. The van der Waals surface area contributed by atoms with E-state index < -0.39 is 0 Å². The highest BCUT2D eigenvalue weighted by Gasteiger charge is 2.27. The second-order valence-electron chi connectivity index (χ2n) is 5.85. The average Bonchev–Trinajstić information content (AvgIpc) is 2.54. The van der Waals surface area contributed by atoms with E-state index in [4.69, 9.17) is 4.74 Å². The molecule has 118 valence electrons. The maximum Gasteiger partial charge on any atom is 0.0772 e. The van der Waals surface area contributed by atoms with Gasteiger partial charge in [-0.25, -0.2) is 0 Å². The number of aryl methyl sites for hydroxylation is 1. The molecule has 0 spiro atoms. The Morgan fingerprint density at radius 1 is 1.09 bits per heavy atom. The van der Waals surface area contributed by atoms with E-state index in [0.29, 0.717) is 12.5 Å². The summed E-state index contributed by atoms with van der Waals surface area (Å²) in [7, 11) is 0. The van der Waals surface area contributed by atoms with Crippen LogP contribution in [0.1, 0.15) is 29.0 Å². The van der Waals surface area contributed by atoms with Gasteiger partial charge in [-0.2, -0.15) is 0 Å². The van der Waals surface area contributed by atoms with Gasteiger partial charge in [-0.05, 0) is 31.0 Å². The third kappa shape index (κ3) is 4.33. The van der Waals surface area contributed by atoms with E-state index in [1.807, 2.05) is 6.07 Å². The van der Waals surface area contributed by atoms with Crippen LogP contribution >= 0.6 is 12.4 Å². The van der Waals surface area contributed by atoms with Crippen molar-refractivity contribution in [3.8, 4) is 0 Å². The van der Waals surface area contributed by atoms with E-state index >= 15 is 0 Å². The molecule has 0 radical (unpaired) electrons. The first kappa shape index (κ1) is 17.0.